The number of imide groups is 1. The molecule has 27 heavy (non-hydrogen) atoms. The lowest BCUT2D eigenvalue weighted by Gasteiger charge is -2.35. The molecule has 142 valence electrons. The number of rotatable bonds is 5. The van der Waals surface area contributed by atoms with E-state index in [4.69, 9.17) is 0 Å². The third-order valence-electron chi connectivity index (χ3n) is 4.95. The van der Waals surface area contributed by atoms with Crippen LogP contribution in [-0.4, -0.2) is 29.9 Å². The molecule has 0 aliphatic carbocycles. The molecule has 0 bridgehead atoms. The Morgan fingerprint density at radius 1 is 1.19 bits per heavy atom. The maximum atomic E-state index is 13.5. The number of nitrogens with one attached hydrogen (secondary N) is 2. The van der Waals surface area contributed by atoms with Crippen molar-refractivity contribution in [2.24, 2.45) is 0 Å². The fourth-order valence-corrected chi connectivity index (χ4v) is 3.40. The van der Waals surface area contributed by atoms with Gasteiger partial charge in [0.25, 0.3) is 0 Å². The molecular weight excluding hydrogens is 345 g/mol. The fourth-order valence-electron chi connectivity index (χ4n) is 3.40. The third kappa shape index (κ3) is 5.14. The zero-order chi connectivity index (χ0) is 19.2. The second-order valence-electron chi connectivity index (χ2n) is 6.77. The van der Waals surface area contributed by atoms with Crippen LogP contribution in [0.4, 0.5) is 9.18 Å². The molecule has 0 fully saturated rings. The van der Waals surface area contributed by atoms with Crippen LogP contribution in [0.1, 0.15) is 36.1 Å². The zero-order valence-electron chi connectivity index (χ0n) is 15.4. The molecular formula is C21H24FN3O2. The molecule has 0 saturated carbocycles. The SMILES string of the molecule is CC1c2cc(F)ccc2CCN1CCC(=O)NC(=O)NCc1ccccc1. The van der Waals surface area contributed by atoms with Crippen LogP contribution in [0.15, 0.2) is 48.5 Å². The van der Waals surface area contributed by atoms with Crippen LogP contribution in [-0.2, 0) is 17.8 Å². The molecule has 2 aromatic carbocycles. The predicted octanol–water partition coefficient (Wildman–Crippen LogP) is 3.16. The normalized spacial score (nSPS) is 16.4. The molecule has 5 nitrogen and oxygen atoms in total. The molecule has 2 N–H and O–H groups in total. The minimum Gasteiger partial charge on any atom is -0.334 e. The first-order valence-electron chi connectivity index (χ1n) is 9.17. The number of amides is 3. The largest absolute Gasteiger partial charge is 0.334 e. The van der Waals surface area contributed by atoms with Crippen molar-refractivity contribution in [3.63, 3.8) is 0 Å². The standard InChI is InChI=1S/C21H24FN3O2/c1-15-19-13-18(22)8-7-17(19)9-11-25(15)12-10-20(26)24-21(27)23-14-16-5-3-2-4-6-16/h2-8,13,15H,9-12,14H2,1H3,(H2,23,24,26,27). The van der Waals surface area contributed by atoms with E-state index in [9.17, 15) is 14.0 Å². The van der Waals surface area contributed by atoms with Crippen molar-refractivity contribution in [1.82, 2.24) is 15.5 Å². The van der Waals surface area contributed by atoms with Gasteiger partial charge in [0.2, 0.25) is 5.91 Å². The van der Waals surface area contributed by atoms with Gasteiger partial charge in [0, 0.05) is 32.1 Å². The summed E-state index contributed by atoms with van der Waals surface area (Å²) in [5, 5.41) is 5.03. The van der Waals surface area contributed by atoms with Crippen molar-refractivity contribution in [1.29, 1.82) is 0 Å². The van der Waals surface area contributed by atoms with Gasteiger partial charge in [-0.25, -0.2) is 9.18 Å². The summed E-state index contributed by atoms with van der Waals surface area (Å²) in [5.74, 6) is -0.562. The van der Waals surface area contributed by atoms with E-state index in [1.165, 1.54) is 6.07 Å². The fraction of sp³-hybridized carbons (Fsp3) is 0.333. The minimum atomic E-state index is -0.497. The highest BCUT2D eigenvalue weighted by Gasteiger charge is 2.24. The highest BCUT2D eigenvalue weighted by atomic mass is 19.1. The van der Waals surface area contributed by atoms with E-state index < -0.39 is 6.03 Å². The Balaban J connectivity index is 1.44. The smallest absolute Gasteiger partial charge is 0.321 e. The van der Waals surface area contributed by atoms with Gasteiger partial charge in [0.05, 0.1) is 0 Å². The summed E-state index contributed by atoms with van der Waals surface area (Å²) >= 11 is 0. The van der Waals surface area contributed by atoms with Gasteiger partial charge in [0.15, 0.2) is 0 Å². The molecule has 0 aromatic heterocycles. The molecule has 1 unspecified atom stereocenters. The number of nitrogens with zero attached hydrogens (tertiary/aromatic N) is 1. The maximum absolute atomic E-state index is 13.5. The number of urea groups is 1. The van der Waals surface area contributed by atoms with Crippen molar-refractivity contribution < 1.29 is 14.0 Å². The predicted molar refractivity (Wildman–Crippen MR) is 102 cm³/mol. The second-order valence-corrected chi connectivity index (χ2v) is 6.77. The number of halogens is 1. The summed E-state index contributed by atoms with van der Waals surface area (Å²) in [5.41, 5.74) is 3.10. The molecule has 0 radical (unpaired) electrons. The molecule has 1 aliphatic rings. The van der Waals surface area contributed by atoms with Crippen molar-refractivity contribution in [2.45, 2.75) is 32.4 Å². The van der Waals surface area contributed by atoms with Gasteiger partial charge in [-0.15, -0.1) is 0 Å². The highest BCUT2D eigenvalue weighted by molar-refractivity contribution is 5.94. The lowest BCUT2D eigenvalue weighted by molar-refractivity contribution is -0.120. The average molecular weight is 369 g/mol. The van der Waals surface area contributed by atoms with Crippen LogP contribution in [0.25, 0.3) is 0 Å². The Morgan fingerprint density at radius 3 is 2.74 bits per heavy atom. The Morgan fingerprint density at radius 2 is 1.96 bits per heavy atom. The van der Waals surface area contributed by atoms with Crippen LogP contribution < -0.4 is 10.6 Å². The summed E-state index contributed by atoms with van der Waals surface area (Å²) < 4.78 is 13.5. The quantitative estimate of drug-likeness (QED) is 0.851. The van der Waals surface area contributed by atoms with Gasteiger partial charge in [-0.2, -0.15) is 0 Å². The summed E-state index contributed by atoms with van der Waals surface area (Å²) in [4.78, 5) is 26.0. The molecule has 1 aliphatic heterocycles. The Kier molecular flexibility index (Phi) is 6.19. The first-order chi connectivity index (χ1) is 13.0. The highest BCUT2D eigenvalue weighted by Crippen LogP contribution is 2.29. The van der Waals surface area contributed by atoms with E-state index in [-0.39, 0.29) is 24.2 Å². The number of carbonyl (C=O) groups excluding carboxylic acids is 2. The van der Waals surface area contributed by atoms with Crippen molar-refractivity contribution in [3.8, 4) is 0 Å². The molecule has 2 aromatic rings. The second kappa shape index (κ2) is 8.77. The van der Waals surface area contributed by atoms with Gasteiger partial charge < -0.3 is 5.32 Å². The average Bonchev–Trinajstić information content (AvgIpc) is 2.67. The number of fused-ring (bicyclic) bond motifs is 1. The van der Waals surface area contributed by atoms with Crippen LogP contribution >= 0.6 is 0 Å². The van der Waals surface area contributed by atoms with Gasteiger partial charge in [0.1, 0.15) is 5.82 Å². The van der Waals surface area contributed by atoms with Crippen LogP contribution in [0.5, 0.6) is 0 Å². The van der Waals surface area contributed by atoms with Crippen molar-refractivity contribution >= 4 is 11.9 Å². The third-order valence-corrected chi connectivity index (χ3v) is 4.95. The minimum absolute atomic E-state index is 0.0455. The van der Waals surface area contributed by atoms with Crippen LogP contribution in [0, 0.1) is 5.82 Å². The number of carbonyl (C=O) groups is 2. The van der Waals surface area contributed by atoms with Crippen LogP contribution in [0.3, 0.4) is 0 Å². The van der Waals surface area contributed by atoms with Gasteiger partial charge in [-0.1, -0.05) is 36.4 Å². The lowest BCUT2D eigenvalue weighted by atomic mass is 9.93. The monoisotopic (exact) mass is 369 g/mol. The Bertz CT molecular complexity index is 810. The van der Waals surface area contributed by atoms with Crippen molar-refractivity contribution in [3.05, 3.63) is 71.0 Å². The molecule has 0 spiro atoms. The van der Waals surface area contributed by atoms with Gasteiger partial charge in [-0.05, 0) is 42.2 Å². The van der Waals surface area contributed by atoms with E-state index in [1.807, 2.05) is 43.3 Å². The number of benzene rings is 2. The number of hydrogen-bond donors (Lipinski definition) is 2. The summed E-state index contributed by atoms with van der Waals surface area (Å²) in [6.45, 7) is 3.72. The molecule has 0 saturated heterocycles. The first kappa shape index (κ1) is 19.0. The lowest BCUT2D eigenvalue weighted by Crippen LogP contribution is -2.41. The molecule has 3 amide bonds. The van der Waals surface area contributed by atoms with E-state index >= 15 is 0 Å². The van der Waals surface area contributed by atoms with Crippen molar-refractivity contribution in [2.75, 3.05) is 13.1 Å². The summed E-state index contributed by atoms with van der Waals surface area (Å²) in [6, 6.07) is 13.9. The summed E-state index contributed by atoms with van der Waals surface area (Å²) in [6.07, 6.45) is 1.05. The van der Waals surface area contributed by atoms with E-state index in [2.05, 4.69) is 15.5 Å². The Labute approximate surface area is 158 Å². The zero-order valence-corrected chi connectivity index (χ0v) is 15.4. The molecule has 3 rings (SSSR count). The summed E-state index contributed by atoms with van der Waals surface area (Å²) in [7, 11) is 0. The molecule has 1 atom stereocenters. The van der Waals surface area contributed by atoms with E-state index in [1.54, 1.807) is 6.07 Å². The topological polar surface area (TPSA) is 61.4 Å². The first-order valence-corrected chi connectivity index (χ1v) is 9.17. The van der Waals surface area contributed by atoms with E-state index in [0.717, 1.165) is 29.7 Å². The van der Waals surface area contributed by atoms with Gasteiger partial charge in [-0.3, -0.25) is 15.0 Å². The van der Waals surface area contributed by atoms with Crippen LogP contribution in [0.2, 0.25) is 0 Å². The number of hydrogen-bond acceptors (Lipinski definition) is 3. The molecule has 1 heterocycles. The Hall–Kier alpha value is -2.73. The maximum Gasteiger partial charge on any atom is 0.321 e. The van der Waals surface area contributed by atoms with Gasteiger partial charge >= 0.3 is 6.03 Å². The molecule has 6 heteroatoms. The van der Waals surface area contributed by atoms with E-state index in [0.29, 0.717) is 13.1 Å².